The quantitative estimate of drug-likeness (QED) is 0.472. The van der Waals surface area contributed by atoms with Gasteiger partial charge in [0.1, 0.15) is 16.5 Å². The van der Waals surface area contributed by atoms with Crippen molar-refractivity contribution in [3.8, 4) is 0 Å². The van der Waals surface area contributed by atoms with Gasteiger partial charge >= 0.3 is 0 Å². The smallest absolute Gasteiger partial charge is 0.286 e. The lowest BCUT2D eigenvalue weighted by atomic mass is 10.2. The fourth-order valence-electron chi connectivity index (χ4n) is 3.79. The summed E-state index contributed by atoms with van der Waals surface area (Å²) in [6, 6.07) is 15.3. The minimum atomic E-state index is -0.376. The van der Waals surface area contributed by atoms with Crippen LogP contribution in [0.25, 0.3) is 10.9 Å². The second-order valence-electron chi connectivity index (χ2n) is 7.80. The van der Waals surface area contributed by atoms with Gasteiger partial charge in [-0.25, -0.2) is 4.39 Å². The van der Waals surface area contributed by atoms with Crippen LogP contribution in [-0.2, 0) is 6.54 Å². The number of benzene rings is 2. The first-order valence-electron chi connectivity index (χ1n) is 10.5. The average Bonchev–Trinajstić information content (AvgIpc) is 3.48. The van der Waals surface area contributed by atoms with Gasteiger partial charge in [-0.3, -0.25) is 14.5 Å². The zero-order valence-electron chi connectivity index (χ0n) is 17.6. The molecule has 1 saturated heterocycles. The van der Waals surface area contributed by atoms with Crippen LogP contribution in [0, 0.1) is 5.82 Å². The Kier molecular flexibility index (Phi) is 5.84. The Hall–Kier alpha value is -3.63. The van der Waals surface area contributed by atoms with Crippen molar-refractivity contribution in [2.75, 3.05) is 31.5 Å². The van der Waals surface area contributed by atoms with Crippen LogP contribution in [0.15, 0.2) is 54.6 Å². The molecule has 1 fully saturated rings. The molecule has 8 nitrogen and oxygen atoms in total. The molecule has 1 aliphatic heterocycles. The number of aromatic amines is 1. The number of halogens is 1. The molecular weight excluding hydrogens is 443 g/mol. The molecule has 0 spiro atoms. The summed E-state index contributed by atoms with van der Waals surface area (Å²) in [5, 5.41) is 12.8. The normalized spacial score (nSPS) is 14.5. The summed E-state index contributed by atoms with van der Waals surface area (Å²) in [6.45, 7) is 3.22. The first kappa shape index (κ1) is 21.2. The number of anilines is 1. The van der Waals surface area contributed by atoms with E-state index >= 15 is 0 Å². The van der Waals surface area contributed by atoms with Crippen molar-refractivity contribution in [1.82, 2.24) is 25.0 Å². The number of aromatic nitrogens is 3. The number of amides is 2. The van der Waals surface area contributed by atoms with Crippen LogP contribution in [0.5, 0.6) is 0 Å². The van der Waals surface area contributed by atoms with Gasteiger partial charge in [-0.2, -0.15) is 0 Å². The standard InChI is InChI=1S/C23H21FN6O2S/c24-16-5-7-17(8-6-16)25-21(31)22-28-27-20(33-22)14-29-9-11-30(12-10-29)23(32)19-13-15-3-1-2-4-18(15)26-19/h1-8,13,26H,9-12,14H2,(H,25,31). The van der Waals surface area contributed by atoms with E-state index in [2.05, 4.69) is 25.4 Å². The summed E-state index contributed by atoms with van der Waals surface area (Å²) >= 11 is 1.23. The molecule has 0 atom stereocenters. The highest BCUT2D eigenvalue weighted by Crippen LogP contribution is 2.19. The number of fused-ring (bicyclic) bond motifs is 1. The Labute approximate surface area is 193 Å². The van der Waals surface area contributed by atoms with E-state index in [0.717, 1.165) is 15.9 Å². The summed E-state index contributed by atoms with van der Waals surface area (Å²) in [5.74, 6) is -0.741. The summed E-state index contributed by atoms with van der Waals surface area (Å²) in [7, 11) is 0. The third kappa shape index (κ3) is 4.76. The number of hydrogen-bond acceptors (Lipinski definition) is 6. The van der Waals surface area contributed by atoms with Gasteiger partial charge in [0.05, 0.1) is 6.54 Å². The van der Waals surface area contributed by atoms with E-state index in [9.17, 15) is 14.0 Å². The molecule has 0 bridgehead atoms. The van der Waals surface area contributed by atoms with Crippen molar-refractivity contribution in [2.45, 2.75) is 6.54 Å². The SMILES string of the molecule is O=C(Nc1ccc(F)cc1)c1nnc(CN2CCN(C(=O)c3cc4ccccc4[nH]3)CC2)s1. The Morgan fingerprint density at radius 3 is 2.55 bits per heavy atom. The molecule has 5 rings (SSSR count). The third-order valence-corrected chi connectivity index (χ3v) is 6.45. The molecule has 0 radical (unpaired) electrons. The van der Waals surface area contributed by atoms with E-state index < -0.39 is 0 Å². The van der Waals surface area contributed by atoms with E-state index in [1.807, 2.05) is 35.2 Å². The van der Waals surface area contributed by atoms with Gasteiger partial charge in [0.2, 0.25) is 5.01 Å². The number of H-pyrrole nitrogens is 1. The topological polar surface area (TPSA) is 94.2 Å². The van der Waals surface area contributed by atoms with Crippen LogP contribution in [0.1, 0.15) is 25.3 Å². The predicted octanol–water partition coefficient (Wildman–Crippen LogP) is 3.37. The maximum atomic E-state index is 13.0. The zero-order valence-corrected chi connectivity index (χ0v) is 18.4. The van der Waals surface area contributed by atoms with E-state index in [-0.39, 0.29) is 22.6 Å². The fourth-order valence-corrected chi connectivity index (χ4v) is 4.56. The van der Waals surface area contributed by atoms with E-state index in [0.29, 0.717) is 44.1 Å². The minimum Gasteiger partial charge on any atom is -0.351 e. The molecular formula is C23H21FN6O2S. The second-order valence-corrected chi connectivity index (χ2v) is 8.86. The van der Waals surface area contributed by atoms with Crippen LogP contribution in [0.2, 0.25) is 0 Å². The van der Waals surface area contributed by atoms with Gasteiger partial charge in [0.25, 0.3) is 11.8 Å². The summed E-state index contributed by atoms with van der Waals surface area (Å²) in [6.07, 6.45) is 0. The van der Waals surface area contributed by atoms with Gasteiger partial charge in [0.15, 0.2) is 0 Å². The largest absolute Gasteiger partial charge is 0.351 e. The van der Waals surface area contributed by atoms with Crippen LogP contribution >= 0.6 is 11.3 Å². The van der Waals surface area contributed by atoms with Crippen molar-refractivity contribution in [3.05, 3.63) is 76.1 Å². The highest BCUT2D eigenvalue weighted by atomic mass is 32.1. The van der Waals surface area contributed by atoms with Gasteiger partial charge in [0, 0.05) is 42.8 Å². The molecule has 10 heteroatoms. The molecule has 0 aliphatic carbocycles. The van der Waals surface area contributed by atoms with Crippen LogP contribution in [0.4, 0.5) is 10.1 Å². The number of nitrogens with one attached hydrogen (secondary N) is 2. The second kappa shape index (κ2) is 9.08. The Bertz CT molecular complexity index is 1260. The summed E-state index contributed by atoms with van der Waals surface area (Å²) in [4.78, 5) is 32.5. The number of carbonyl (C=O) groups excluding carboxylic acids is 2. The number of hydrogen-bond donors (Lipinski definition) is 2. The molecule has 2 aromatic carbocycles. The Morgan fingerprint density at radius 2 is 1.79 bits per heavy atom. The summed E-state index contributed by atoms with van der Waals surface area (Å²) in [5.41, 5.74) is 2.05. The van der Waals surface area contributed by atoms with Crippen molar-refractivity contribution < 1.29 is 14.0 Å². The molecule has 168 valence electrons. The lowest BCUT2D eigenvalue weighted by Gasteiger charge is -2.33. The lowest BCUT2D eigenvalue weighted by molar-refractivity contribution is 0.0623. The van der Waals surface area contributed by atoms with Crippen molar-refractivity contribution in [2.24, 2.45) is 0 Å². The number of rotatable bonds is 5. The molecule has 1 aliphatic rings. The highest BCUT2D eigenvalue weighted by Gasteiger charge is 2.24. The number of para-hydroxylation sites is 1. The summed E-state index contributed by atoms with van der Waals surface area (Å²) < 4.78 is 13.0. The zero-order chi connectivity index (χ0) is 22.8. The molecule has 2 aromatic heterocycles. The van der Waals surface area contributed by atoms with Gasteiger partial charge in [-0.15, -0.1) is 10.2 Å². The third-order valence-electron chi connectivity index (χ3n) is 5.54. The Morgan fingerprint density at radius 1 is 1.03 bits per heavy atom. The van der Waals surface area contributed by atoms with E-state index in [4.69, 9.17) is 0 Å². The predicted molar refractivity (Wildman–Crippen MR) is 124 cm³/mol. The Balaban J connectivity index is 1.14. The first-order chi connectivity index (χ1) is 16.0. The first-order valence-corrected chi connectivity index (χ1v) is 11.4. The van der Waals surface area contributed by atoms with E-state index in [1.54, 1.807) is 0 Å². The monoisotopic (exact) mass is 464 g/mol. The molecule has 2 amide bonds. The van der Waals surface area contributed by atoms with Gasteiger partial charge < -0.3 is 15.2 Å². The van der Waals surface area contributed by atoms with Crippen LogP contribution in [-0.4, -0.2) is 63.0 Å². The minimum absolute atomic E-state index is 0.00140. The molecule has 3 heterocycles. The highest BCUT2D eigenvalue weighted by molar-refractivity contribution is 7.13. The maximum Gasteiger partial charge on any atom is 0.286 e. The van der Waals surface area contributed by atoms with Crippen LogP contribution < -0.4 is 5.32 Å². The van der Waals surface area contributed by atoms with Crippen molar-refractivity contribution in [1.29, 1.82) is 0 Å². The number of carbonyl (C=O) groups is 2. The molecule has 33 heavy (non-hydrogen) atoms. The van der Waals surface area contributed by atoms with Crippen molar-refractivity contribution in [3.63, 3.8) is 0 Å². The molecule has 0 saturated carbocycles. The molecule has 4 aromatic rings. The number of nitrogens with zero attached hydrogens (tertiary/aromatic N) is 4. The van der Waals surface area contributed by atoms with E-state index in [1.165, 1.54) is 35.6 Å². The van der Waals surface area contributed by atoms with Gasteiger partial charge in [-0.05, 0) is 36.4 Å². The fraction of sp³-hybridized carbons (Fsp3) is 0.217. The average molecular weight is 465 g/mol. The maximum absolute atomic E-state index is 13.0. The molecule has 0 unspecified atom stereocenters. The number of piperazine rings is 1. The lowest BCUT2D eigenvalue weighted by Crippen LogP contribution is -2.48. The van der Waals surface area contributed by atoms with Crippen molar-refractivity contribution >= 4 is 39.7 Å². The molecule has 2 N–H and O–H groups in total. The van der Waals surface area contributed by atoms with Gasteiger partial charge in [-0.1, -0.05) is 29.5 Å². The van der Waals surface area contributed by atoms with Crippen LogP contribution in [0.3, 0.4) is 0 Å².